The summed E-state index contributed by atoms with van der Waals surface area (Å²) in [7, 11) is 0. The third kappa shape index (κ3) is 2.01. The summed E-state index contributed by atoms with van der Waals surface area (Å²) in [4.78, 5) is 2.64. The van der Waals surface area contributed by atoms with Gasteiger partial charge in [0.05, 0.1) is 0 Å². The van der Waals surface area contributed by atoms with Crippen molar-refractivity contribution in [2.24, 2.45) is 0 Å². The minimum atomic E-state index is 0.681. The van der Waals surface area contributed by atoms with Crippen LogP contribution in [0.15, 0.2) is 16.8 Å². The zero-order chi connectivity index (χ0) is 9.97. The fraction of sp³-hybridized carbons (Fsp3) is 0.667. The molecular formula is C12H19NS. The zero-order valence-electron chi connectivity index (χ0n) is 9.07. The van der Waals surface area contributed by atoms with Gasteiger partial charge in [0.1, 0.15) is 0 Å². The SMILES string of the molecule is CC(C)N1CCCCC1c1ccsc1. The molecule has 1 aliphatic rings. The number of thiophene rings is 1. The number of hydrogen-bond donors (Lipinski definition) is 0. The Labute approximate surface area is 90.7 Å². The van der Waals surface area contributed by atoms with Crippen LogP contribution in [0.2, 0.25) is 0 Å². The molecule has 1 nitrogen and oxygen atoms in total. The van der Waals surface area contributed by atoms with Gasteiger partial charge in [-0.25, -0.2) is 0 Å². The Morgan fingerprint density at radius 3 is 2.93 bits per heavy atom. The molecule has 0 N–H and O–H groups in total. The Hall–Kier alpha value is -0.340. The van der Waals surface area contributed by atoms with E-state index in [4.69, 9.17) is 0 Å². The van der Waals surface area contributed by atoms with Crippen LogP contribution in [-0.2, 0) is 0 Å². The Morgan fingerprint density at radius 2 is 2.29 bits per heavy atom. The van der Waals surface area contributed by atoms with Crippen molar-refractivity contribution in [1.29, 1.82) is 0 Å². The first kappa shape index (κ1) is 10.2. The van der Waals surface area contributed by atoms with Gasteiger partial charge < -0.3 is 0 Å². The number of nitrogens with zero attached hydrogens (tertiary/aromatic N) is 1. The van der Waals surface area contributed by atoms with Crippen molar-refractivity contribution < 1.29 is 0 Å². The molecule has 0 bridgehead atoms. The van der Waals surface area contributed by atoms with Crippen LogP contribution in [0.5, 0.6) is 0 Å². The van der Waals surface area contributed by atoms with Crippen molar-refractivity contribution in [1.82, 2.24) is 4.90 Å². The van der Waals surface area contributed by atoms with E-state index >= 15 is 0 Å². The van der Waals surface area contributed by atoms with Crippen LogP contribution in [-0.4, -0.2) is 17.5 Å². The van der Waals surface area contributed by atoms with E-state index in [1.807, 2.05) is 11.3 Å². The van der Waals surface area contributed by atoms with Crippen LogP contribution in [0.4, 0.5) is 0 Å². The van der Waals surface area contributed by atoms with E-state index in [1.165, 1.54) is 31.4 Å². The Kier molecular flexibility index (Phi) is 3.24. The van der Waals surface area contributed by atoms with Crippen molar-refractivity contribution in [3.05, 3.63) is 22.4 Å². The van der Waals surface area contributed by atoms with Gasteiger partial charge in [0, 0.05) is 12.1 Å². The van der Waals surface area contributed by atoms with Crippen molar-refractivity contribution in [3.63, 3.8) is 0 Å². The molecule has 1 aromatic heterocycles. The van der Waals surface area contributed by atoms with Crippen LogP contribution >= 0.6 is 11.3 Å². The number of rotatable bonds is 2. The molecule has 0 radical (unpaired) electrons. The summed E-state index contributed by atoms with van der Waals surface area (Å²) in [6.07, 6.45) is 4.11. The Bertz CT molecular complexity index is 266. The zero-order valence-corrected chi connectivity index (χ0v) is 9.89. The summed E-state index contributed by atoms with van der Waals surface area (Å²) in [5, 5.41) is 4.51. The molecule has 1 atom stereocenters. The minimum absolute atomic E-state index is 0.681. The first-order valence-electron chi connectivity index (χ1n) is 5.57. The number of piperidine rings is 1. The average Bonchev–Trinajstić information content (AvgIpc) is 2.70. The van der Waals surface area contributed by atoms with Gasteiger partial charge >= 0.3 is 0 Å². The summed E-state index contributed by atoms with van der Waals surface area (Å²) < 4.78 is 0. The molecule has 0 spiro atoms. The third-order valence-corrected chi connectivity index (χ3v) is 3.84. The molecule has 0 amide bonds. The summed E-state index contributed by atoms with van der Waals surface area (Å²) in [6, 6.07) is 3.66. The number of likely N-dealkylation sites (tertiary alicyclic amines) is 1. The van der Waals surface area contributed by atoms with Gasteiger partial charge in [-0.15, -0.1) is 0 Å². The highest BCUT2D eigenvalue weighted by Gasteiger charge is 2.25. The predicted molar refractivity (Wildman–Crippen MR) is 62.8 cm³/mol. The monoisotopic (exact) mass is 209 g/mol. The second-order valence-electron chi connectivity index (χ2n) is 4.40. The predicted octanol–water partition coefficient (Wildman–Crippen LogP) is 3.68. The highest BCUT2D eigenvalue weighted by Crippen LogP contribution is 2.33. The molecule has 1 fully saturated rings. The molecule has 1 saturated heterocycles. The second-order valence-corrected chi connectivity index (χ2v) is 5.18. The maximum Gasteiger partial charge on any atom is 0.0359 e. The highest BCUT2D eigenvalue weighted by atomic mass is 32.1. The lowest BCUT2D eigenvalue weighted by Crippen LogP contribution is -2.38. The van der Waals surface area contributed by atoms with Gasteiger partial charge in [-0.1, -0.05) is 6.42 Å². The molecule has 1 aliphatic heterocycles. The van der Waals surface area contributed by atoms with Crippen molar-refractivity contribution in [2.45, 2.75) is 45.2 Å². The molecule has 0 aliphatic carbocycles. The topological polar surface area (TPSA) is 3.24 Å². The van der Waals surface area contributed by atoms with Gasteiger partial charge in [0.15, 0.2) is 0 Å². The van der Waals surface area contributed by atoms with E-state index in [2.05, 4.69) is 35.6 Å². The van der Waals surface area contributed by atoms with Gasteiger partial charge in [0.25, 0.3) is 0 Å². The maximum atomic E-state index is 2.64. The normalized spacial score (nSPS) is 24.4. The minimum Gasteiger partial charge on any atom is -0.294 e. The highest BCUT2D eigenvalue weighted by molar-refractivity contribution is 7.07. The smallest absolute Gasteiger partial charge is 0.0359 e. The first-order valence-corrected chi connectivity index (χ1v) is 6.51. The van der Waals surface area contributed by atoms with E-state index in [0.717, 1.165) is 0 Å². The van der Waals surface area contributed by atoms with Crippen LogP contribution in [0, 0.1) is 0 Å². The van der Waals surface area contributed by atoms with Gasteiger partial charge in [-0.3, -0.25) is 4.90 Å². The van der Waals surface area contributed by atoms with Crippen LogP contribution in [0.3, 0.4) is 0 Å². The van der Waals surface area contributed by atoms with Crippen molar-refractivity contribution in [3.8, 4) is 0 Å². The van der Waals surface area contributed by atoms with E-state index in [1.54, 1.807) is 0 Å². The Balaban J connectivity index is 2.14. The van der Waals surface area contributed by atoms with Gasteiger partial charge in [0.2, 0.25) is 0 Å². The molecule has 1 unspecified atom stereocenters. The Morgan fingerprint density at radius 1 is 1.43 bits per heavy atom. The molecular weight excluding hydrogens is 190 g/mol. The molecule has 2 heterocycles. The average molecular weight is 209 g/mol. The molecule has 14 heavy (non-hydrogen) atoms. The van der Waals surface area contributed by atoms with Crippen LogP contribution < -0.4 is 0 Å². The van der Waals surface area contributed by atoms with E-state index in [-0.39, 0.29) is 0 Å². The lowest BCUT2D eigenvalue weighted by molar-refractivity contribution is 0.112. The second kappa shape index (κ2) is 4.45. The van der Waals surface area contributed by atoms with Crippen molar-refractivity contribution >= 4 is 11.3 Å². The lowest BCUT2D eigenvalue weighted by Gasteiger charge is -2.38. The van der Waals surface area contributed by atoms with Crippen molar-refractivity contribution in [2.75, 3.05) is 6.54 Å². The van der Waals surface area contributed by atoms with E-state index < -0.39 is 0 Å². The van der Waals surface area contributed by atoms with Gasteiger partial charge in [-0.05, 0) is 55.6 Å². The maximum absolute atomic E-state index is 2.64. The fourth-order valence-corrected chi connectivity index (χ4v) is 3.10. The molecule has 0 aromatic carbocycles. The van der Waals surface area contributed by atoms with E-state index in [9.17, 15) is 0 Å². The summed E-state index contributed by atoms with van der Waals surface area (Å²) in [5.41, 5.74) is 1.53. The molecule has 2 heteroatoms. The van der Waals surface area contributed by atoms with E-state index in [0.29, 0.717) is 12.1 Å². The van der Waals surface area contributed by atoms with Crippen LogP contribution in [0.25, 0.3) is 0 Å². The fourth-order valence-electron chi connectivity index (χ4n) is 2.39. The number of hydrogen-bond acceptors (Lipinski definition) is 2. The lowest BCUT2D eigenvalue weighted by atomic mass is 9.96. The largest absolute Gasteiger partial charge is 0.294 e. The molecule has 78 valence electrons. The molecule has 2 rings (SSSR count). The summed E-state index contributed by atoms with van der Waals surface area (Å²) >= 11 is 1.82. The summed E-state index contributed by atoms with van der Waals surface area (Å²) in [6.45, 7) is 5.90. The summed E-state index contributed by atoms with van der Waals surface area (Å²) in [5.74, 6) is 0. The molecule has 0 saturated carbocycles. The molecule has 1 aromatic rings. The van der Waals surface area contributed by atoms with Gasteiger partial charge in [-0.2, -0.15) is 11.3 Å². The standard InChI is InChI=1S/C12H19NS/c1-10(2)13-7-4-3-5-12(13)11-6-8-14-9-11/h6,8-10,12H,3-5,7H2,1-2H3. The first-order chi connectivity index (χ1) is 6.79. The van der Waals surface area contributed by atoms with Crippen LogP contribution in [0.1, 0.15) is 44.7 Å². The quantitative estimate of drug-likeness (QED) is 0.718. The third-order valence-electron chi connectivity index (χ3n) is 3.14.